The van der Waals surface area contributed by atoms with Crippen LogP contribution in [0, 0.1) is 5.82 Å². The molecule has 4 nitrogen and oxygen atoms in total. The number of hydrogen-bond acceptors (Lipinski definition) is 3. The molecule has 92 valence electrons. The minimum absolute atomic E-state index is 0.149. The first-order valence-electron chi connectivity index (χ1n) is 4.99. The van der Waals surface area contributed by atoms with Gasteiger partial charge in [-0.05, 0) is 18.9 Å². The van der Waals surface area contributed by atoms with E-state index >= 15 is 0 Å². The van der Waals surface area contributed by atoms with Crippen LogP contribution in [0.3, 0.4) is 0 Å². The van der Waals surface area contributed by atoms with Crippen molar-refractivity contribution in [2.24, 2.45) is 0 Å². The van der Waals surface area contributed by atoms with E-state index in [0.717, 1.165) is 6.07 Å². The van der Waals surface area contributed by atoms with Crippen molar-refractivity contribution < 1.29 is 24.5 Å². The molecule has 1 aromatic rings. The molecule has 0 amide bonds. The molecule has 3 N–H and O–H groups in total. The Hall–Kier alpha value is -1.30. The second kappa shape index (κ2) is 3.87. The summed E-state index contributed by atoms with van der Waals surface area (Å²) in [7, 11) is 0. The molecular formula is C11H10BrFO4. The van der Waals surface area contributed by atoms with E-state index in [4.69, 9.17) is 5.11 Å². The molecule has 17 heavy (non-hydrogen) atoms. The quantitative estimate of drug-likeness (QED) is 0.750. The Balaban J connectivity index is 2.53. The van der Waals surface area contributed by atoms with Gasteiger partial charge in [0.25, 0.3) is 0 Å². The molecule has 2 rings (SSSR count). The lowest BCUT2D eigenvalue weighted by Gasteiger charge is -2.17. The van der Waals surface area contributed by atoms with E-state index in [1.165, 1.54) is 0 Å². The molecule has 0 radical (unpaired) electrons. The fraction of sp³-hybridized carbons (Fsp3) is 0.364. The van der Waals surface area contributed by atoms with Crippen molar-refractivity contribution in [3.05, 3.63) is 21.9 Å². The van der Waals surface area contributed by atoms with E-state index in [0.29, 0.717) is 12.8 Å². The summed E-state index contributed by atoms with van der Waals surface area (Å²) in [5.74, 6) is -3.34. The highest BCUT2D eigenvalue weighted by Gasteiger charge is 2.49. The standard InChI is InChI=1S/C11H10BrFO4/c12-5-3-6(13)9(16)10(17)8(5)11(1-2-11)4-7(14)15/h3,16-17H,1-2,4H2,(H,14,15). The second-order valence-corrected chi connectivity index (χ2v) is 5.12. The van der Waals surface area contributed by atoms with Crippen molar-refractivity contribution in [2.45, 2.75) is 24.7 Å². The number of carboxylic acid groups (broad SMARTS) is 1. The third kappa shape index (κ3) is 1.97. The number of phenolic OH excluding ortho intramolecular Hbond substituents is 2. The Morgan fingerprint density at radius 3 is 2.47 bits per heavy atom. The topological polar surface area (TPSA) is 77.8 Å². The van der Waals surface area contributed by atoms with Crippen LogP contribution in [0.1, 0.15) is 24.8 Å². The zero-order valence-electron chi connectivity index (χ0n) is 8.70. The number of rotatable bonds is 3. The number of carbonyl (C=O) groups is 1. The third-order valence-corrected chi connectivity index (χ3v) is 3.68. The molecule has 0 saturated heterocycles. The van der Waals surface area contributed by atoms with E-state index in [-0.39, 0.29) is 16.5 Å². The number of phenols is 2. The van der Waals surface area contributed by atoms with Crippen LogP contribution in [0.2, 0.25) is 0 Å². The van der Waals surface area contributed by atoms with Crippen LogP contribution >= 0.6 is 15.9 Å². The fourth-order valence-electron chi connectivity index (χ4n) is 2.06. The Bertz CT molecular complexity index is 497. The van der Waals surface area contributed by atoms with Crippen LogP contribution in [-0.4, -0.2) is 21.3 Å². The van der Waals surface area contributed by atoms with Gasteiger partial charge >= 0.3 is 5.97 Å². The lowest BCUT2D eigenvalue weighted by Crippen LogP contribution is -2.14. The molecule has 1 saturated carbocycles. The molecule has 0 aromatic heterocycles. The van der Waals surface area contributed by atoms with Gasteiger partial charge in [-0.2, -0.15) is 0 Å². The largest absolute Gasteiger partial charge is 0.504 e. The van der Waals surface area contributed by atoms with Crippen LogP contribution in [0.15, 0.2) is 10.5 Å². The van der Waals surface area contributed by atoms with Gasteiger partial charge < -0.3 is 15.3 Å². The maximum absolute atomic E-state index is 13.1. The van der Waals surface area contributed by atoms with Gasteiger partial charge in [0.1, 0.15) is 0 Å². The number of benzene rings is 1. The zero-order valence-corrected chi connectivity index (χ0v) is 10.3. The van der Waals surface area contributed by atoms with Gasteiger partial charge in [0, 0.05) is 15.5 Å². The first kappa shape index (κ1) is 12.2. The Labute approximate surface area is 105 Å². The SMILES string of the molecule is O=C(O)CC1(c2c(Br)cc(F)c(O)c2O)CC1. The molecule has 0 spiro atoms. The van der Waals surface area contributed by atoms with Gasteiger partial charge in [0.2, 0.25) is 0 Å². The third-order valence-electron chi connectivity index (χ3n) is 3.05. The second-order valence-electron chi connectivity index (χ2n) is 4.26. The number of aliphatic carboxylic acids is 1. The molecule has 0 aliphatic heterocycles. The number of aromatic hydroxyl groups is 2. The van der Waals surface area contributed by atoms with Crippen LogP contribution in [-0.2, 0) is 10.2 Å². The first-order valence-corrected chi connectivity index (χ1v) is 5.79. The summed E-state index contributed by atoms with van der Waals surface area (Å²) in [6.07, 6.45) is 1.04. The average Bonchev–Trinajstić information content (AvgIpc) is 2.94. The summed E-state index contributed by atoms with van der Waals surface area (Å²) in [6, 6.07) is 1.03. The summed E-state index contributed by atoms with van der Waals surface area (Å²) in [5, 5.41) is 27.9. The molecule has 1 aromatic carbocycles. The first-order chi connectivity index (χ1) is 7.87. The monoisotopic (exact) mass is 304 g/mol. The van der Waals surface area contributed by atoms with Gasteiger partial charge in [-0.1, -0.05) is 15.9 Å². The van der Waals surface area contributed by atoms with E-state index < -0.39 is 28.7 Å². The molecule has 1 aliphatic carbocycles. The maximum atomic E-state index is 13.1. The van der Waals surface area contributed by atoms with Gasteiger partial charge in [-0.15, -0.1) is 0 Å². The highest BCUT2D eigenvalue weighted by Crippen LogP contribution is 2.57. The number of carboxylic acids is 1. The normalized spacial score (nSPS) is 16.8. The van der Waals surface area contributed by atoms with Crippen LogP contribution in [0.5, 0.6) is 11.5 Å². The molecule has 0 atom stereocenters. The summed E-state index contributed by atoms with van der Waals surface area (Å²) >= 11 is 3.09. The molecule has 1 fully saturated rings. The summed E-state index contributed by atoms with van der Waals surface area (Å²) < 4.78 is 13.4. The molecule has 0 unspecified atom stereocenters. The molecule has 0 bridgehead atoms. The van der Waals surface area contributed by atoms with Crippen LogP contribution < -0.4 is 0 Å². The predicted molar refractivity (Wildman–Crippen MR) is 60.6 cm³/mol. The zero-order chi connectivity index (χ0) is 12.8. The van der Waals surface area contributed by atoms with Crippen molar-refractivity contribution in [3.63, 3.8) is 0 Å². The van der Waals surface area contributed by atoms with Crippen molar-refractivity contribution in [2.75, 3.05) is 0 Å². The Morgan fingerprint density at radius 2 is 2.00 bits per heavy atom. The minimum Gasteiger partial charge on any atom is -0.504 e. The molecule has 6 heteroatoms. The van der Waals surface area contributed by atoms with Crippen molar-refractivity contribution in [1.82, 2.24) is 0 Å². The maximum Gasteiger partial charge on any atom is 0.304 e. The molecule has 0 heterocycles. The lowest BCUT2D eigenvalue weighted by molar-refractivity contribution is -0.137. The minimum atomic E-state index is -0.988. The smallest absolute Gasteiger partial charge is 0.304 e. The van der Waals surface area contributed by atoms with E-state index in [1.807, 2.05) is 0 Å². The van der Waals surface area contributed by atoms with Crippen LogP contribution in [0.4, 0.5) is 4.39 Å². The average molecular weight is 305 g/mol. The van der Waals surface area contributed by atoms with Crippen LogP contribution in [0.25, 0.3) is 0 Å². The summed E-state index contributed by atoms with van der Waals surface area (Å²) in [5.41, 5.74) is -0.418. The van der Waals surface area contributed by atoms with Crippen molar-refractivity contribution >= 4 is 21.9 Å². The van der Waals surface area contributed by atoms with Gasteiger partial charge in [0.05, 0.1) is 6.42 Å². The van der Waals surface area contributed by atoms with E-state index in [9.17, 15) is 19.4 Å². The summed E-state index contributed by atoms with van der Waals surface area (Å²) in [4.78, 5) is 10.8. The number of hydrogen-bond donors (Lipinski definition) is 3. The lowest BCUT2D eigenvalue weighted by atomic mass is 9.91. The predicted octanol–water partition coefficient (Wildman–Crippen LogP) is 2.51. The Morgan fingerprint density at radius 1 is 1.41 bits per heavy atom. The van der Waals surface area contributed by atoms with E-state index in [1.54, 1.807) is 0 Å². The summed E-state index contributed by atoms with van der Waals surface area (Å²) in [6.45, 7) is 0. The van der Waals surface area contributed by atoms with Gasteiger partial charge in [-0.25, -0.2) is 4.39 Å². The van der Waals surface area contributed by atoms with Crippen molar-refractivity contribution in [3.8, 4) is 11.5 Å². The highest BCUT2D eigenvalue weighted by molar-refractivity contribution is 9.10. The Kier molecular flexibility index (Phi) is 2.77. The number of halogens is 2. The van der Waals surface area contributed by atoms with E-state index in [2.05, 4.69) is 15.9 Å². The molecular weight excluding hydrogens is 295 g/mol. The molecule has 1 aliphatic rings. The van der Waals surface area contributed by atoms with Crippen molar-refractivity contribution in [1.29, 1.82) is 0 Å². The highest BCUT2D eigenvalue weighted by atomic mass is 79.9. The van der Waals surface area contributed by atoms with Gasteiger partial charge in [-0.3, -0.25) is 4.79 Å². The fourth-order valence-corrected chi connectivity index (χ4v) is 2.87. The van der Waals surface area contributed by atoms with Gasteiger partial charge in [0.15, 0.2) is 17.3 Å².